The summed E-state index contributed by atoms with van der Waals surface area (Å²) in [5, 5.41) is 11.7. The molecule has 0 saturated carbocycles. The first-order chi connectivity index (χ1) is 11.3. The SMILES string of the molecule is Cc1cccc2c1c(-c1ccccc1)c(O)n2C(=O)OC(C)(C)C. The van der Waals surface area contributed by atoms with Crippen LogP contribution in [0.3, 0.4) is 0 Å². The van der Waals surface area contributed by atoms with Crippen LogP contribution in [0.25, 0.3) is 22.0 Å². The molecule has 24 heavy (non-hydrogen) atoms. The summed E-state index contributed by atoms with van der Waals surface area (Å²) in [7, 11) is 0. The van der Waals surface area contributed by atoms with E-state index < -0.39 is 11.7 Å². The molecule has 4 heteroatoms. The van der Waals surface area contributed by atoms with E-state index in [1.54, 1.807) is 20.8 Å². The Morgan fingerprint density at radius 2 is 1.71 bits per heavy atom. The Hall–Kier alpha value is -2.75. The molecule has 3 aromatic rings. The molecule has 0 aliphatic rings. The average Bonchev–Trinajstić information content (AvgIpc) is 2.80. The van der Waals surface area contributed by atoms with Crippen molar-refractivity contribution in [1.82, 2.24) is 4.57 Å². The summed E-state index contributed by atoms with van der Waals surface area (Å²) in [4.78, 5) is 12.6. The van der Waals surface area contributed by atoms with Crippen LogP contribution in [0.4, 0.5) is 4.79 Å². The van der Waals surface area contributed by atoms with E-state index in [0.717, 1.165) is 16.5 Å². The van der Waals surface area contributed by atoms with Gasteiger partial charge in [0, 0.05) is 5.39 Å². The predicted molar refractivity (Wildman–Crippen MR) is 95.4 cm³/mol. The van der Waals surface area contributed by atoms with E-state index in [0.29, 0.717) is 11.1 Å². The molecule has 1 N–H and O–H groups in total. The summed E-state index contributed by atoms with van der Waals surface area (Å²) in [5.74, 6) is -0.0975. The van der Waals surface area contributed by atoms with Gasteiger partial charge in [0.2, 0.25) is 5.88 Å². The Morgan fingerprint density at radius 1 is 1.04 bits per heavy atom. The molecule has 0 atom stereocenters. The minimum absolute atomic E-state index is 0.0975. The number of aromatic nitrogens is 1. The van der Waals surface area contributed by atoms with Crippen molar-refractivity contribution < 1.29 is 14.6 Å². The van der Waals surface area contributed by atoms with Crippen LogP contribution in [0, 0.1) is 6.92 Å². The maximum Gasteiger partial charge on any atom is 0.421 e. The Balaban J connectivity index is 2.31. The van der Waals surface area contributed by atoms with Crippen LogP contribution in [0.5, 0.6) is 5.88 Å². The molecule has 0 amide bonds. The Labute approximate surface area is 141 Å². The zero-order valence-electron chi connectivity index (χ0n) is 14.3. The number of nitrogens with zero attached hydrogens (tertiary/aromatic N) is 1. The molecule has 0 saturated heterocycles. The molecule has 1 heterocycles. The monoisotopic (exact) mass is 323 g/mol. The highest BCUT2D eigenvalue weighted by molar-refractivity contribution is 6.05. The molecule has 0 aliphatic heterocycles. The van der Waals surface area contributed by atoms with Gasteiger partial charge in [-0.15, -0.1) is 0 Å². The van der Waals surface area contributed by atoms with Gasteiger partial charge in [0.15, 0.2) is 0 Å². The van der Waals surface area contributed by atoms with Crippen molar-refractivity contribution in [2.75, 3.05) is 0 Å². The van der Waals surface area contributed by atoms with Crippen LogP contribution < -0.4 is 0 Å². The topological polar surface area (TPSA) is 51.5 Å². The third kappa shape index (κ3) is 2.75. The van der Waals surface area contributed by atoms with Gasteiger partial charge in [0.25, 0.3) is 0 Å². The third-order valence-corrected chi connectivity index (χ3v) is 3.82. The van der Waals surface area contributed by atoms with Crippen LogP contribution >= 0.6 is 0 Å². The fraction of sp³-hybridized carbons (Fsp3) is 0.250. The first kappa shape index (κ1) is 16.1. The van der Waals surface area contributed by atoms with Crippen LogP contribution in [0.15, 0.2) is 48.5 Å². The van der Waals surface area contributed by atoms with E-state index in [9.17, 15) is 9.90 Å². The number of hydrogen-bond acceptors (Lipinski definition) is 3. The summed E-state index contributed by atoms with van der Waals surface area (Å²) in [6, 6.07) is 15.2. The van der Waals surface area contributed by atoms with Crippen molar-refractivity contribution in [3.05, 3.63) is 54.1 Å². The smallest absolute Gasteiger partial charge is 0.421 e. The van der Waals surface area contributed by atoms with Gasteiger partial charge in [-0.3, -0.25) is 0 Å². The Kier molecular flexibility index (Phi) is 3.84. The molecule has 3 rings (SSSR count). The largest absolute Gasteiger partial charge is 0.494 e. The van der Waals surface area contributed by atoms with E-state index >= 15 is 0 Å². The summed E-state index contributed by atoms with van der Waals surface area (Å²) in [5.41, 5.74) is 2.49. The molecule has 0 spiro atoms. The number of hydrogen-bond donors (Lipinski definition) is 1. The lowest BCUT2D eigenvalue weighted by molar-refractivity contribution is 0.0533. The van der Waals surface area contributed by atoms with E-state index in [2.05, 4.69) is 0 Å². The molecule has 1 aromatic heterocycles. The van der Waals surface area contributed by atoms with Gasteiger partial charge in [0.1, 0.15) is 5.60 Å². The highest BCUT2D eigenvalue weighted by Gasteiger charge is 2.26. The van der Waals surface area contributed by atoms with Crippen molar-refractivity contribution in [3.63, 3.8) is 0 Å². The number of ether oxygens (including phenoxy) is 1. The molecule has 0 bridgehead atoms. The average molecular weight is 323 g/mol. The van der Waals surface area contributed by atoms with Gasteiger partial charge >= 0.3 is 6.09 Å². The minimum atomic E-state index is -0.642. The number of benzene rings is 2. The second kappa shape index (κ2) is 5.71. The van der Waals surface area contributed by atoms with E-state index in [4.69, 9.17) is 4.74 Å². The fourth-order valence-corrected chi connectivity index (χ4v) is 2.87. The first-order valence-corrected chi connectivity index (χ1v) is 7.91. The van der Waals surface area contributed by atoms with Gasteiger partial charge in [0.05, 0.1) is 11.1 Å². The van der Waals surface area contributed by atoms with Crippen molar-refractivity contribution in [1.29, 1.82) is 0 Å². The maximum absolute atomic E-state index is 12.6. The normalized spacial score (nSPS) is 11.7. The Bertz CT molecular complexity index is 902. The zero-order valence-corrected chi connectivity index (χ0v) is 14.3. The molecule has 4 nitrogen and oxygen atoms in total. The summed E-state index contributed by atoms with van der Waals surface area (Å²) < 4.78 is 6.71. The quantitative estimate of drug-likeness (QED) is 0.677. The van der Waals surface area contributed by atoms with Crippen LogP contribution in [0.1, 0.15) is 26.3 Å². The van der Waals surface area contributed by atoms with Gasteiger partial charge < -0.3 is 9.84 Å². The van der Waals surface area contributed by atoms with Gasteiger partial charge in [-0.25, -0.2) is 9.36 Å². The zero-order chi connectivity index (χ0) is 17.5. The van der Waals surface area contributed by atoms with Crippen molar-refractivity contribution >= 4 is 17.0 Å². The highest BCUT2D eigenvalue weighted by atomic mass is 16.6. The lowest BCUT2D eigenvalue weighted by atomic mass is 10.0. The minimum Gasteiger partial charge on any atom is -0.494 e. The standard InChI is InChI=1S/C20H21NO3/c1-13-9-8-12-15-16(13)17(14-10-6-5-7-11-14)18(22)21(15)19(23)24-20(2,3)4/h5-12,22H,1-4H3. The summed E-state index contributed by atoms with van der Waals surface area (Å²) >= 11 is 0. The highest BCUT2D eigenvalue weighted by Crippen LogP contribution is 2.41. The predicted octanol–water partition coefficient (Wildman–Crippen LogP) is 5.11. The molecule has 0 aliphatic carbocycles. The van der Waals surface area contributed by atoms with Crippen molar-refractivity contribution in [2.45, 2.75) is 33.3 Å². The van der Waals surface area contributed by atoms with Gasteiger partial charge in [-0.1, -0.05) is 42.5 Å². The van der Waals surface area contributed by atoms with Gasteiger partial charge in [-0.05, 0) is 44.9 Å². The molecule has 0 fully saturated rings. The second-order valence-corrected chi connectivity index (χ2v) is 6.85. The Morgan fingerprint density at radius 3 is 2.33 bits per heavy atom. The first-order valence-electron chi connectivity index (χ1n) is 7.91. The maximum atomic E-state index is 12.6. The van der Waals surface area contributed by atoms with E-state index in [1.165, 1.54) is 4.57 Å². The van der Waals surface area contributed by atoms with Gasteiger partial charge in [-0.2, -0.15) is 0 Å². The number of aromatic hydroxyl groups is 1. The molecule has 124 valence electrons. The molecular formula is C20H21NO3. The second-order valence-electron chi connectivity index (χ2n) is 6.85. The van der Waals surface area contributed by atoms with Crippen molar-refractivity contribution in [2.24, 2.45) is 0 Å². The molecular weight excluding hydrogens is 302 g/mol. The number of aryl methyl sites for hydroxylation is 1. The number of rotatable bonds is 1. The molecule has 0 radical (unpaired) electrons. The lowest BCUT2D eigenvalue weighted by Crippen LogP contribution is -2.26. The van der Waals surface area contributed by atoms with Crippen LogP contribution in [-0.4, -0.2) is 21.4 Å². The van der Waals surface area contributed by atoms with Crippen molar-refractivity contribution in [3.8, 4) is 17.0 Å². The van der Waals surface area contributed by atoms with E-state index in [1.807, 2.05) is 55.5 Å². The lowest BCUT2D eigenvalue weighted by Gasteiger charge is -2.20. The molecule has 2 aromatic carbocycles. The van der Waals surface area contributed by atoms with E-state index in [-0.39, 0.29) is 5.88 Å². The fourth-order valence-electron chi connectivity index (χ4n) is 2.87. The summed E-state index contributed by atoms with van der Waals surface area (Å²) in [6.07, 6.45) is -0.585. The molecule has 0 unspecified atom stereocenters. The van der Waals surface area contributed by atoms with Crippen LogP contribution in [-0.2, 0) is 4.74 Å². The number of carbonyl (C=O) groups is 1. The number of carbonyl (C=O) groups excluding carboxylic acids is 1. The summed E-state index contributed by atoms with van der Waals surface area (Å²) in [6.45, 7) is 7.37. The third-order valence-electron chi connectivity index (χ3n) is 3.82. The van der Waals surface area contributed by atoms with Crippen LogP contribution in [0.2, 0.25) is 0 Å². The number of fused-ring (bicyclic) bond motifs is 1.